The lowest BCUT2D eigenvalue weighted by Crippen LogP contribution is -2.29. The van der Waals surface area contributed by atoms with E-state index in [0.717, 1.165) is 6.08 Å². The van der Waals surface area contributed by atoms with Gasteiger partial charge in [-0.1, -0.05) is 12.1 Å². The molecule has 3 rings (SSSR count). The van der Waals surface area contributed by atoms with Crippen LogP contribution >= 0.6 is 0 Å². The summed E-state index contributed by atoms with van der Waals surface area (Å²) in [7, 11) is -3.99. The largest absolute Gasteiger partial charge is 0.465 e. The first kappa shape index (κ1) is 15.0. The number of aromatic nitrogens is 1. The van der Waals surface area contributed by atoms with Gasteiger partial charge in [-0.15, -0.1) is 0 Å². The average Bonchev–Trinajstić information content (AvgIpc) is 3.05. The van der Waals surface area contributed by atoms with Crippen LogP contribution in [0.2, 0.25) is 0 Å². The second-order valence-electron chi connectivity index (χ2n) is 4.67. The van der Waals surface area contributed by atoms with Crippen LogP contribution in [0.1, 0.15) is 5.76 Å². The third-order valence-corrected chi connectivity index (χ3v) is 4.51. The Kier molecular flexibility index (Phi) is 3.94. The molecule has 6 nitrogen and oxygen atoms in total. The van der Waals surface area contributed by atoms with Crippen LogP contribution in [0.5, 0.6) is 0 Å². The Morgan fingerprint density at radius 2 is 2.04 bits per heavy atom. The summed E-state index contributed by atoms with van der Waals surface area (Å²) in [5.41, 5.74) is 0. The number of rotatable bonds is 4. The Labute approximate surface area is 132 Å². The number of carbonyl (C=O) groups excluding carboxylic acids is 1. The topological polar surface area (TPSA) is 89.3 Å². The van der Waals surface area contributed by atoms with Crippen molar-refractivity contribution in [2.45, 2.75) is 4.90 Å². The quantitative estimate of drug-likeness (QED) is 0.743. The van der Waals surface area contributed by atoms with Gasteiger partial charge in [-0.25, -0.2) is 13.1 Å². The zero-order valence-electron chi connectivity index (χ0n) is 11.8. The summed E-state index contributed by atoms with van der Waals surface area (Å²) in [6, 6.07) is 9.69. The molecule has 2 aromatic heterocycles. The van der Waals surface area contributed by atoms with Gasteiger partial charge in [0.15, 0.2) is 0 Å². The second-order valence-corrected chi connectivity index (χ2v) is 6.32. The van der Waals surface area contributed by atoms with Crippen LogP contribution in [0.25, 0.3) is 16.8 Å². The molecule has 0 saturated heterocycles. The van der Waals surface area contributed by atoms with E-state index in [1.165, 1.54) is 24.6 Å². The van der Waals surface area contributed by atoms with Crippen LogP contribution in [0.15, 0.2) is 70.4 Å². The molecule has 116 valence electrons. The summed E-state index contributed by atoms with van der Waals surface area (Å²) in [6.07, 6.45) is 7.01. The molecular formula is C16H12N2O4S. The van der Waals surface area contributed by atoms with E-state index < -0.39 is 15.9 Å². The second kappa shape index (κ2) is 6.05. The third kappa shape index (κ3) is 3.29. The van der Waals surface area contributed by atoms with Crippen molar-refractivity contribution >= 4 is 32.8 Å². The summed E-state index contributed by atoms with van der Waals surface area (Å²) in [5, 5.41) is 1.17. The molecule has 0 aliphatic heterocycles. The zero-order valence-corrected chi connectivity index (χ0v) is 12.7. The van der Waals surface area contributed by atoms with Crippen LogP contribution in [0.3, 0.4) is 0 Å². The first-order valence-electron chi connectivity index (χ1n) is 6.67. The number of amides is 1. The first-order chi connectivity index (χ1) is 11.1. The van der Waals surface area contributed by atoms with Gasteiger partial charge in [0, 0.05) is 29.2 Å². The van der Waals surface area contributed by atoms with E-state index in [1.54, 1.807) is 36.5 Å². The van der Waals surface area contributed by atoms with E-state index in [-0.39, 0.29) is 4.90 Å². The predicted octanol–water partition coefficient (Wildman–Crippen LogP) is 2.35. The number of nitrogens with one attached hydrogen (secondary N) is 1. The fourth-order valence-corrected chi connectivity index (χ4v) is 3.27. The molecule has 1 aromatic carbocycles. The maximum absolute atomic E-state index is 12.4. The van der Waals surface area contributed by atoms with E-state index >= 15 is 0 Å². The van der Waals surface area contributed by atoms with Crippen LogP contribution in [0.4, 0.5) is 0 Å². The Bertz CT molecular complexity index is 971. The summed E-state index contributed by atoms with van der Waals surface area (Å²) in [6.45, 7) is 0. The van der Waals surface area contributed by atoms with E-state index in [0.29, 0.717) is 16.5 Å². The maximum atomic E-state index is 12.4. The zero-order chi connectivity index (χ0) is 16.3. The van der Waals surface area contributed by atoms with Gasteiger partial charge >= 0.3 is 0 Å². The highest BCUT2D eigenvalue weighted by Gasteiger charge is 2.19. The lowest BCUT2D eigenvalue weighted by molar-refractivity contribution is -0.114. The monoisotopic (exact) mass is 328 g/mol. The smallest absolute Gasteiger partial charge is 0.264 e. The average molecular weight is 328 g/mol. The van der Waals surface area contributed by atoms with E-state index in [4.69, 9.17) is 4.42 Å². The molecule has 7 heteroatoms. The number of benzene rings is 1. The van der Waals surface area contributed by atoms with Crippen molar-refractivity contribution in [2.24, 2.45) is 0 Å². The van der Waals surface area contributed by atoms with E-state index in [1.807, 2.05) is 4.72 Å². The van der Waals surface area contributed by atoms with Gasteiger partial charge in [-0.2, -0.15) is 0 Å². The molecule has 0 aliphatic rings. The predicted molar refractivity (Wildman–Crippen MR) is 84.8 cm³/mol. The fraction of sp³-hybridized carbons (Fsp3) is 0. The lowest BCUT2D eigenvalue weighted by atomic mass is 10.2. The summed E-state index contributed by atoms with van der Waals surface area (Å²) < 4.78 is 31.9. The molecule has 0 saturated carbocycles. The number of hydrogen-bond donors (Lipinski definition) is 1. The number of sulfonamides is 1. The van der Waals surface area contributed by atoms with Crippen molar-refractivity contribution < 1.29 is 17.6 Å². The summed E-state index contributed by atoms with van der Waals surface area (Å²) in [4.78, 5) is 15.8. The Morgan fingerprint density at radius 1 is 1.17 bits per heavy atom. The van der Waals surface area contributed by atoms with Crippen molar-refractivity contribution in [3.05, 3.63) is 66.9 Å². The minimum Gasteiger partial charge on any atom is -0.465 e. The number of furan rings is 1. The van der Waals surface area contributed by atoms with Crippen LogP contribution in [0, 0.1) is 0 Å². The van der Waals surface area contributed by atoms with Crippen molar-refractivity contribution in [3.8, 4) is 0 Å². The third-order valence-electron chi connectivity index (χ3n) is 3.11. The lowest BCUT2D eigenvalue weighted by Gasteiger charge is -2.07. The fourth-order valence-electron chi connectivity index (χ4n) is 2.09. The Morgan fingerprint density at radius 3 is 2.83 bits per heavy atom. The number of pyridine rings is 1. The van der Waals surface area contributed by atoms with Gasteiger partial charge in [-0.05, 0) is 30.3 Å². The molecule has 0 fully saturated rings. The first-order valence-corrected chi connectivity index (χ1v) is 8.16. The van der Waals surface area contributed by atoms with Gasteiger partial charge in [0.25, 0.3) is 15.9 Å². The summed E-state index contributed by atoms with van der Waals surface area (Å²) in [5.74, 6) is -0.304. The van der Waals surface area contributed by atoms with Gasteiger partial charge < -0.3 is 4.42 Å². The summed E-state index contributed by atoms with van der Waals surface area (Å²) >= 11 is 0. The van der Waals surface area contributed by atoms with Gasteiger partial charge in [0.1, 0.15) is 5.76 Å². The van der Waals surface area contributed by atoms with Crippen molar-refractivity contribution in [1.29, 1.82) is 0 Å². The maximum Gasteiger partial charge on any atom is 0.264 e. The molecule has 0 bridgehead atoms. The normalized spacial score (nSPS) is 11.8. The van der Waals surface area contributed by atoms with Crippen LogP contribution < -0.4 is 4.72 Å². The van der Waals surface area contributed by atoms with Crippen LogP contribution in [-0.4, -0.2) is 19.3 Å². The number of fused-ring (bicyclic) bond motifs is 1. The molecule has 2 heterocycles. The molecule has 1 amide bonds. The number of nitrogens with zero attached hydrogens (tertiary/aromatic N) is 1. The molecule has 0 unspecified atom stereocenters. The molecule has 23 heavy (non-hydrogen) atoms. The molecule has 0 atom stereocenters. The van der Waals surface area contributed by atoms with Crippen molar-refractivity contribution in [1.82, 2.24) is 9.71 Å². The van der Waals surface area contributed by atoms with E-state index in [2.05, 4.69) is 4.98 Å². The van der Waals surface area contributed by atoms with Crippen molar-refractivity contribution in [2.75, 3.05) is 0 Å². The molecule has 1 N–H and O–H groups in total. The molecular weight excluding hydrogens is 316 g/mol. The molecule has 0 aliphatic carbocycles. The highest BCUT2D eigenvalue weighted by atomic mass is 32.2. The van der Waals surface area contributed by atoms with Crippen molar-refractivity contribution in [3.63, 3.8) is 0 Å². The van der Waals surface area contributed by atoms with Gasteiger partial charge in [-0.3, -0.25) is 9.78 Å². The Hall–Kier alpha value is -2.93. The van der Waals surface area contributed by atoms with Crippen LogP contribution in [-0.2, 0) is 14.8 Å². The highest BCUT2D eigenvalue weighted by molar-refractivity contribution is 7.90. The SMILES string of the molecule is O=C(/C=C\c1ccco1)NS(=O)(=O)c1cccc2cnccc12. The van der Waals surface area contributed by atoms with Gasteiger partial charge in [0.2, 0.25) is 0 Å². The number of carbonyl (C=O) groups is 1. The number of hydrogen-bond acceptors (Lipinski definition) is 5. The molecule has 0 radical (unpaired) electrons. The van der Waals surface area contributed by atoms with Gasteiger partial charge in [0.05, 0.1) is 11.2 Å². The minimum absolute atomic E-state index is 0.0251. The molecule has 0 spiro atoms. The van der Waals surface area contributed by atoms with E-state index in [9.17, 15) is 13.2 Å². The Balaban J connectivity index is 1.87. The minimum atomic E-state index is -3.99. The molecule has 3 aromatic rings. The standard InChI is InChI=1S/C16H12N2O4S/c19-16(7-6-13-4-2-10-22-13)18-23(20,21)15-5-1-3-12-11-17-9-8-14(12)15/h1-11H,(H,18,19)/b7-6-. The highest BCUT2D eigenvalue weighted by Crippen LogP contribution is 2.21.